The Bertz CT molecular complexity index is 790. The molecule has 0 aliphatic heterocycles. The van der Waals surface area contributed by atoms with Crippen LogP contribution in [0.1, 0.15) is 16.7 Å². The van der Waals surface area contributed by atoms with E-state index < -0.39 is 0 Å². The fourth-order valence-electron chi connectivity index (χ4n) is 3.29. The maximum atomic E-state index is 12.6. The van der Waals surface area contributed by atoms with Gasteiger partial charge < -0.3 is 0 Å². The predicted octanol–water partition coefficient (Wildman–Crippen LogP) is 4.43. The molecular weight excluding hydrogens is 276 g/mol. The molecule has 104 valence electrons. The molecule has 0 fully saturated rings. The van der Waals surface area contributed by atoms with E-state index in [1.54, 1.807) is 11.3 Å². The third-order valence-corrected chi connectivity index (χ3v) is 5.44. The average Bonchev–Trinajstić information content (AvgIpc) is 3.11. The van der Waals surface area contributed by atoms with Crippen molar-refractivity contribution < 1.29 is 4.79 Å². The molecule has 0 saturated carbocycles. The van der Waals surface area contributed by atoms with Gasteiger partial charge in [-0.25, -0.2) is 0 Å². The van der Waals surface area contributed by atoms with Crippen LogP contribution in [0.2, 0.25) is 0 Å². The van der Waals surface area contributed by atoms with E-state index in [0.717, 1.165) is 12.8 Å². The minimum absolute atomic E-state index is 0.168. The Hall–Kier alpha value is -1.93. The summed E-state index contributed by atoms with van der Waals surface area (Å²) in [5.74, 6) is 0.552. The first-order chi connectivity index (χ1) is 10.3. The summed E-state index contributed by atoms with van der Waals surface area (Å²) in [4.78, 5) is 12.6. The summed E-state index contributed by atoms with van der Waals surface area (Å²) in [7, 11) is 0. The predicted molar refractivity (Wildman–Crippen MR) is 87.9 cm³/mol. The second-order valence-corrected chi connectivity index (χ2v) is 6.69. The summed E-state index contributed by atoms with van der Waals surface area (Å²) in [6.45, 7) is 0. The molecule has 1 aliphatic rings. The number of carbonyl (C=O) groups excluding carboxylic acids is 1. The Morgan fingerprint density at radius 2 is 1.67 bits per heavy atom. The largest absolute Gasteiger partial charge is 0.299 e. The lowest BCUT2D eigenvalue weighted by molar-refractivity contribution is -0.121. The number of carbonyl (C=O) groups is 1. The summed E-state index contributed by atoms with van der Waals surface area (Å²) in [6, 6.07) is 16.8. The summed E-state index contributed by atoms with van der Waals surface area (Å²) < 4.78 is 1.27. The first-order valence-corrected chi connectivity index (χ1v) is 8.24. The van der Waals surface area contributed by atoms with E-state index in [1.165, 1.54) is 26.8 Å². The van der Waals surface area contributed by atoms with Crippen LogP contribution in [0.3, 0.4) is 0 Å². The Balaban J connectivity index is 1.55. The van der Waals surface area contributed by atoms with E-state index in [-0.39, 0.29) is 5.92 Å². The zero-order valence-electron chi connectivity index (χ0n) is 11.7. The number of thiophene rings is 1. The number of benzene rings is 2. The molecule has 2 aromatic carbocycles. The van der Waals surface area contributed by atoms with Gasteiger partial charge in [-0.2, -0.15) is 0 Å². The van der Waals surface area contributed by atoms with Gasteiger partial charge >= 0.3 is 0 Å². The molecule has 1 heterocycles. The van der Waals surface area contributed by atoms with Gasteiger partial charge in [0.25, 0.3) is 0 Å². The van der Waals surface area contributed by atoms with Crippen molar-refractivity contribution in [3.8, 4) is 0 Å². The monoisotopic (exact) mass is 292 g/mol. The van der Waals surface area contributed by atoms with Gasteiger partial charge in [0.15, 0.2) is 0 Å². The van der Waals surface area contributed by atoms with Gasteiger partial charge in [-0.1, -0.05) is 42.5 Å². The highest BCUT2D eigenvalue weighted by atomic mass is 32.1. The maximum absolute atomic E-state index is 12.6. The molecule has 0 amide bonds. The van der Waals surface area contributed by atoms with Gasteiger partial charge in [0.1, 0.15) is 5.78 Å². The van der Waals surface area contributed by atoms with E-state index in [9.17, 15) is 4.79 Å². The van der Waals surface area contributed by atoms with Gasteiger partial charge in [0, 0.05) is 17.0 Å². The lowest BCUT2D eigenvalue weighted by atomic mass is 9.95. The summed E-state index contributed by atoms with van der Waals surface area (Å²) in [6.07, 6.45) is 2.40. The van der Waals surface area contributed by atoms with Crippen LogP contribution in [-0.4, -0.2) is 5.78 Å². The molecule has 0 saturated heterocycles. The lowest BCUT2D eigenvalue weighted by Gasteiger charge is -2.07. The number of fused-ring (bicyclic) bond motifs is 2. The van der Waals surface area contributed by atoms with Crippen molar-refractivity contribution in [1.29, 1.82) is 0 Å². The van der Waals surface area contributed by atoms with Crippen molar-refractivity contribution in [2.45, 2.75) is 19.3 Å². The van der Waals surface area contributed by atoms with Gasteiger partial charge in [-0.3, -0.25) is 4.79 Å². The van der Waals surface area contributed by atoms with E-state index >= 15 is 0 Å². The Labute approximate surface area is 128 Å². The average molecular weight is 292 g/mol. The third-order valence-electron chi connectivity index (χ3n) is 4.43. The highest BCUT2D eigenvalue weighted by molar-refractivity contribution is 7.17. The summed E-state index contributed by atoms with van der Waals surface area (Å²) in [5.41, 5.74) is 3.90. The number of ketones is 1. The molecule has 0 bridgehead atoms. The molecule has 0 atom stereocenters. The number of rotatable bonds is 3. The van der Waals surface area contributed by atoms with Gasteiger partial charge in [0.05, 0.1) is 0 Å². The van der Waals surface area contributed by atoms with Crippen molar-refractivity contribution in [2.24, 2.45) is 5.92 Å². The van der Waals surface area contributed by atoms with E-state index in [4.69, 9.17) is 0 Å². The van der Waals surface area contributed by atoms with Crippen LogP contribution in [0.25, 0.3) is 10.1 Å². The van der Waals surface area contributed by atoms with Gasteiger partial charge in [0.2, 0.25) is 0 Å². The van der Waals surface area contributed by atoms with Crippen molar-refractivity contribution in [1.82, 2.24) is 0 Å². The molecule has 21 heavy (non-hydrogen) atoms. The Kier molecular flexibility index (Phi) is 3.12. The van der Waals surface area contributed by atoms with E-state index in [2.05, 4.69) is 53.9 Å². The molecular formula is C19H16OS. The zero-order chi connectivity index (χ0) is 14.2. The molecule has 4 rings (SSSR count). The van der Waals surface area contributed by atoms with Crippen LogP contribution >= 0.6 is 11.3 Å². The molecule has 0 unspecified atom stereocenters. The lowest BCUT2D eigenvalue weighted by Crippen LogP contribution is -2.16. The normalized spacial score (nSPS) is 14.5. The SMILES string of the molecule is O=C(Cc1csc2ccccc12)C1Cc2ccccc2C1. The van der Waals surface area contributed by atoms with Crippen LogP contribution in [0, 0.1) is 5.92 Å². The van der Waals surface area contributed by atoms with Gasteiger partial charge in [-0.15, -0.1) is 11.3 Å². The molecule has 1 aromatic heterocycles. The smallest absolute Gasteiger partial charge is 0.141 e. The van der Waals surface area contributed by atoms with Crippen molar-refractivity contribution in [3.05, 3.63) is 70.6 Å². The summed E-state index contributed by atoms with van der Waals surface area (Å²) in [5, 5.41) is 3.39. The number of hydrogen-bond acceptors (Lipinski definition) is 2. The Morgan fingerprint density at radius 1 is 1.00 bits per heavy atom. The highest BCUT2D eigenvalue weighted by Crippen LogP contribution is 2.30. The molecule has 3 aromatic rings. The number of hydrogen-bond donors (Lipinski definition) is 0. The van der Waals surface area contributed by atoms with Crippen LogP contribution in [0.4, 0.5) is 0 Å². The third kappa shape index (κ3) is 2.30. The molecule has 1 aliphatic carbocycles. The van der Waals surface area contributed by atoms with Crippen LogP contribution in [-0.2, 0) is 24.1 Å². The quantitative estimate of drug-likeness (QED) is 0.698. The minimum atomic E-state index is 0.168. The second kappa shape index (κ2) is 5.12. The first-order valence-electron chi connectivity index (χ1n) is 7.36. The first kappa shape index (κ1) is 12.8. The van der Waals surface area contributed by atoms with Crippen LogP contribution < -0.4 is 0 Å². The van der Waals surface area contributed by atoms with Crippen LogP contribution in [0.5, 0.6) is 0 Å². The van der Waals surface area contributed by atoms with E-state index in [1.807, 2.05) is 0 Å². The fraction of sp³-hybridized carbons (Fsp3) is 0.211. The fourth-order valence-corrected chi connectivity index (χ4v) is 4.25. The zero-order valence-corrected chi connectivity index (χ0v) is 12.5. The molecule has 0 N–H and O–H groups in total. The molecule has 0 spiro atoms. The van der Waals surface area contributed by atoms with E-state index in [0.29, 0.717) is 12.2 Å². The topological polar surface area (TPSA) is 17.1 Å². The Morgan fingerprint density at radius 3 is 2.43 bits per heavy atom. The standard InChI is InChI=1S/C19H16OS/c20-18(15-9-13-5-1-2-6-14(13)10-15)11-16-12-21-19-8-4-3-7-17(16)19/h1-8,12,15H,9-11H2. The van der Waals surface area contributed by atoms with Crippen molar-refractivity contribution in [3.63, 3.8) is 0 Å². The van der Waals surface area contributed by atoms with Crippen molar-refractivity contribution >= 4 is 27.2 Å². The summed E-state index contributed by atoms with van der Waals surface area (Å²) >= 11 is 1.73. The highest BCUT2D eigenvalue weighted by Gasteiger charge is 2.27. The molecule has 1 nitrogen and oxygen atoms in total. The number of Topliss-reactive ketones (excluding diaryl/α,β-unsaturated/α-hetero) is 1. The van der Waals surface area contributed by atoms with Gasteiger partial charge in [-0.05, 0) is 46.4 Å². The minimum Gasteiger partial charge on any atom is -0.299 e. The molecule has 2 heteroatoms. The van der Waals surface area contributed by atoms with Crippen LogP contribution in [0.15, 0.2) is 53.9 Å². The second-order valence-electron chi connectivity index (χ2n) is 5.77. The van der Waals surface area contributed by atoms with Crippen molar-refractivity contribution in [2.75, 3.05) is 0 Å². The maximum Gasteiger partial charge on any atom is 0.141 e. The molecule has 0 radical (unpaired) electrons.